The first-order chi connectivity index (χ1) is 30.6. The molecule has 2 heteroatoms. The summed E-state index contributed by atoms with van der Waals surface area (Å²) in [5.41, 5.74) is 21.7. The number of nitrogens with zero attached hydrogens (tertiary/aromatic N) is 2. The first-order valence-corrected chi connectivity index (χ1v) is 24.2. The van der Waals surface area contributed by atoms with Crippen molar-refractivity contribution in [1.29, 1.82) is 0 Å². The van der Waals surface area contributed by atoms with E-state index >= 15 is 0 Å². The first-order valence-electron chi connectivity index (χ1n) is 24.2. The van der Waals surface area contributed by atoms with Gasteiger partial charge in [-0.2, -0.15) is 0 Å². The lowest BCUT2D eigenvalue weighted by molar-refractivity contribution is 0.00321. The Bertz CT molecular complexity index is 3290. The fourth-order valence-corrected chi connectivity index (χ4v) is 16.8. The van der Waals surface area contributed by atoms with Crippen LogP contribution in [0.1, 0.15) is 110 Å². The van der Waals surface area contributed by atoms with E-state index in [2.05, 4.69) is 138 Å². The molecule has 6 aromatic carbocycles. The number of fused-ring (bicyclic) bond motifs is 12. The van der Waals surface area contributed by atoms with E-state index in [1.165, 1.54) is 147 Å². The Kier molecular flexibility index (Phi) is 6.46. The highest BCUT2D eigenvalue weighted by molar-refractivity contribution is 6.26. The maximum absolute atomic E-state index is 5.63. The number of rotatable bonds is 4. The van der Waals surface area contributed by atoms with Gasteiger partial charge in [0.2, 0.25) is 0 Å². The maximum atomic E-state index is 5.63. The summed E-state index contributed by atoms with van der Waals surface area (Å²) in [6.45, 7) is 0. The second-order valence-corrected chi connectivity index (χ2v) is 21.5. The predicted molar refractivity (Wildman–Crippen MR) is 254 cm³/mol. The molecule has 0 saturated heterocycles. The maximum Gasteiger partial charge on any atom is 0.0728 e. The van der Waals surface area contributed by atoms with Gasteiger partial charge in [0.1, 0.15) is 0 Å². The molecule has 3 aromatic heterocycles. The Morgan fingerprint density at radius 3 is 1.74 bits per heavy atom. The van der Waals surface area contributed by atoms with E-state index in [1.807, 2.05) is 0 Å². The molecule has 17 rings (SSSR count). The van der Waals surface area contributed by atoms with Gasteiger partial charge in [0.05, 0.1) is 22.7 Å². The summed E-state index contributed by atoms with van der Waals surface area (Å²) in [4.78, 5) is 5.63. The fraction of sp³-hybridized carbons (Fsp3) is 0.317. The van der Waals surface area contributed by atoms with Gasteiger partial charge in [-0.1, -0.05) is 97.1 Å². The van der Waals surface area contributed by atoms with Gasteiger partial charge >= 0.3 is 0 Å². The molecule has 8 aliphatic carbocycles. The number of hydrogen-bond donors (Lipinski definition) is 0. The third-order valence-electron chi connectivity index (χ3n) is 18.8. The van der Waals surface area contributed by atoms with Crippen LogP contribution >= 0.6 is 0 Å². The molecule has 2 nitrogen and oxygen atoms in total. The predicted octanol–water partition coefficient (Wildman–Crippen LogP) is 15.7. The smallest absolute Gasteiger partial charge is 0.0728 e. The summed E-state index contributed by atoms with van der Waals surface area (Å²) >= 11 is 0. The molecule has 9 aromatic rings. The summed E-state index contributed by atoms with van der Waals surface area (Å²) in [6, 6.07) is 49.0. The van der Waals surface area contributed by atoms with E-state index in [9.17, 15) is 0 Å². The molecule has 3 heterocycles. The van der Waals surface area contributed by atoms with Gasteiger partial charge in [0, 0.05) is 33.2 Å². The second kappa shape index (κ2) is 11.8. The average molecular weight is 799 g/mol. The van der Waals surface area contributed by atoms with Crippen molar-refractivity contribution in [2.24, 2.45) is 29.1 Å². The van der Waals surface area contributed by atoms with Crippen LogP contribution in [0.3, 0.4) is 0 Å². The van der Waals surface area contributed by atoms with Crippen molar-refractivity contribution in [3.05, 3.63) is 156 Å². The van der Waals surface area contributed by atoms with Crippen molar-refractivity contribution in [2.75, 3.05) is 0 Å². The van der Waals surface area contributed by atoms with E-state index in [1.54, 1.807) is 22.1 Å². The molecule has 7 bridgehead atoms. The molecule has 0 N–H and O–H groups in total. The van der Waals surface area contributed by atoms with Crippen LogP contribution in [0.2, 0.25) is 0 Å². The summed E-state index contributed by atoms with van der Waals surface area (Å²) in [7, 11) is 0. The molecular formula is C60H50N2. The van der Waals surface area contributed by atoms with Crippen molar-refractivity contribution in [1.82, 2.24) is 9.38 Å². The number of pyridine rings is 1. The highest BCUT2D eigenvalue weighted by Crippen LogP contribution is 2.76. The third-order valence-corrected chi connectivity index (χ3v) is 18.8. The highest BCUT2D eigenvalue weighted by Gasteiger charge is 2.66. The van der Waals surface area contributed by atoms with Crippen LogP contribution < -0.4 is 0 Å². The molecule has 62 heavy (non-hydrogen) atoms. The summed E-state index contributed by atoms with van der Waals surface area (Å²) in [5, 5.41) is 6.03. The molecule has 0 radical (unpaired) electrons. The van der Waals surface area contributed by atoms with E-state index in [0.717, 1.165) is 23.7 Å². The molecular weight excluding hydrogens is 749 g/mol. The Morgan fingerprint density at radius 1 is 0.468 bits per heavy atom. The van der Waals surface area contributed by atoms with Crippen LogP contribution in [-0.2, 0) is 0 Å². The zero-order valence-electron chi connectivity index (χ0n) is 35.3. The topological polar surface area (TPSA) is 17.3 Å². The molecule has 0 aliphatic heterocycles. The van der Waals surface area contributed by atoms with Crippen LogP contribution in [0.15, 0.2) is 134 Å². The normalized spacial score (nSPS) is 29.7. The van der Waals surface area contributed by atoms with Crippen LogP contribution in [0.5, 0.6) is 0 Å². The van der Waals surface area contributed by atoms with Crippen LogP contribution in [0.25, 0.3) is 82.6 Å². The standard InChI is InChI=1S/C60H50N2/c1-4-10-35(11-5-1)38-25-47(36-12-6-2-7-13-36)53(48(26-38)37-14-8-3-9-15-37)41-27-49-56-51(17-16-46-39-19-33-18-34(20-39)22-40(21-33)54(46)56)62-52-32-61-58-43-24-45-29-44-23-42(30-60(44,45)31-43)55(58)57(52)50(28-41)59(49)62/h1-17,25-28,32-34,39-40,42-45H,18-24,29-31H2. The van der Waals surface area contributed by atoms with Crippen molar-refractivity contribution >= 4 is 38.1 Å². The number of benzene rings is 6. The Hall–Kier alpha value is -5.73. The van der Waals surface area contributed by atoms with Crippen molar-refractivity contribution < 1.29 is 0 Å². The van der Waals surface area contributed by atoms with Gasteiger partial charge in [-0.15, -0.1) is 0 Å². The zero-order valence-corrected chi connectivity index (χ0v) is 35.3. The van der Waals surface area contributed by atoms with Crippen LogP contribution in [-0.4, -0.2) is 9.38 Å². The Balaban J connectivity index is 1.07. The SMILES string of the molecule is c1ccc(-c2cc(-c3ccccc3)c(-c3cc4c5c6c(ccc5n5c7cnc8c(c7c(c3)c45)C3CC4CC5CC8CC54C3)C3CC4CC(C3)CC6C4)c(-c3ccccc3)c2)cc1. The van der Waals surface area contributed by atoms with Gasteiger partial charge in [0.15, 0.2) is 0 Å². The summed E-state index contributed by atoms with van der Waals surface area (Å²) in [6.07, 6.45) is 16.3. The van der Waals surface area contributed by atoms with Crippen LogP contribution in [0.4, 0.5) is 0 Å². The first kappa shape index (κ1) is 33.8. The molecule has 8 aliphatic rings. The average Bonchev–Trinajstić information content (AvgIpc) is 3.96. The van der Waals surface area contributed by atoms with Gasteiger partial charge in [-0.05, 0) is 203 Å². The van der Waals surface area contributed by atoms with Gasteiger partial charge in [-0.25, -0.2) is 0 Å². The fourth-order valence-electron chi connectivity index (χ4n) is 16.8. The van der Waals surface area contributed by atoms with Gasteiger partial charge in [0.25, 0.3) is 0 Å². The van der Waals surface area contributed by atoms with Gasteiger partial charge < -0.3 is 4.40 Å². The molecule has 0 amide bonds. The minimum Gasteiger partial charge on any atom is -0.306 e. The van der Waals surface area contributed by atoms with Gasteiger partial charge in [-0.3, -0.25) is 4.98 Å². The summed E-state index contributed by atoms with van der Waals surface area (Å²) < 4.78 is 2.73. The zero-order chi connectivity index (χ0) is 40.0. The molecule has 7 unspecified atom stereocenters. The van der Waals surface area contributed by atoms with E-state index in [-0.39, 0.29) is 0 Å². The Morgan fingerprint density at radius 2 is 1.06 bits per heavy atom. The number of aromatic nitrogens is 2. The lowest BCUT2D eigenvalue weighted by Gasteiger charge is -2.48. The van der Waals surface area contributed by atoms with Crippen LogP contribution in [0, 0.1) is 29.1 Å². The monoisotopic (exact) mass is 798 g/mol. The molecule has 5 saturated carbocycles. The van der Waals surface area contributed by atoms with E-state index < -0.39 is 0 Å². The number of hydrogen-bond acceptors (Lipinski definition) is 1. The second-order valence-electron chi connectivity index (χ2n) is 21.5. The van der Waals surface area contributed by atoms with E-state index in [0.29, 0.717) is 29.1 Å². The Labute approximate surface area is 363 Å². The molecule has 1 spiro atoms. The van der Waals surface area contributed by atoms with E-state index in [4.69, 9.17) is 4.98 Å². The quantitative estimate of drug-likeness (QED) is 0.173. The largest absolute Gasteiger partial charge is 0.306 e. The lowest BCUT2D eigenvalue weighted by atomic mass is 9.56. The minimum atomic E-state index is 0.590. The lowest BCUT2D eigenvalue weighted by Crippen LogP contribution is -2.41. The summed E-state index contributed by atoms with van der Waals surface area (Å²) in [5.74, 6) is 6.22. The van der Waals surface area contributed by atoms with Crippen molar-refractivity contribution in [2.45, 2.75) is 87.9 Å². The third kappa shape index (κ3) is 4.25. The minimum absolute atomic E-state index is 0.590. The highest BCUT2D eigenvalue weighted by atomic mass is 14.9. The molecule has 5 fully saturated rings. The van der Waals surface area contributed by atoms with Crippen molar-refractivity contribution in [3.8, 4) is 44.5 Å². The molecule has 7 atom stereocenters. The van der Waals surface area contributed by atoms with Crippen molar-refractivity contribution in [3.63, 3.8) is 0 Å². The molecule has 300 valence electrons.